The summed E-state index contributed by atoms with van der Waals surface area (Å²) in [6, 6.07) is 0. The molecule has 18 heavy (non-hydrogen) atoms. The summed E-state index contributed by atoms with van der Waals surface area (Å²) < 4.78 is 10.1. The zero-order valence-corrected chi connectivity index (χ0v) is 10.7. The average molecular weight is 255 g/mol. The summed E-state index contributed by atoms with van der Waals surface area (Å²) in [6.45, 7) is 2.49. The standard InChI is InChI=1S/C11H17N3O4/c1-8-10(12-7-13-11(8)18-3)14(4-5-17-2)6-9(15)16/h7H,4-6H2,1-3H3,(H,15,16). The van der Waals surface area contributed by atoms with Crippen LogP contribution < -0.4 is 9.64 Å². The van der Waals surface area contributed by atoms with Gasteiger partial charge in [0.15, 0.2) is 0 Å². The fourth-order valence-corrected chi connectivity index (χ4v) is 1.57. The van der Waals surface area contributed by atoms with Crippen molar-refractivity contribution in [2.24, 2.45) is 0 Å². The highest BCUT2D eigenvalue weighted by atomic mass is 16.5. The summed E-state index contributed by atoms with van der Waals surface area (Å²) in [5.74, 6) is 0.0530. The van der Waals surface area contributed by atoms with Crippen LogP contribution in [-0.4, -0.2) is 55.0 Å². The second-order valence-electron chi connectivity index (χ2n) is 3.64. The van der Waals surface area contributed by atoms with Crippen LogP contribution in [-0.2, 0) is 9.53 Å². The van der Waals surface area contributed by atoms with Crippen molar-refractivity contribution in [1.82, 2.24) is 9.97 Å². The zero-order chi connectivity index (χ0) is 13.5. The van der Waals surface area contributed by atoms with Crippen molar-refractivity contribution in [3.8, 4) is 5.88 Å². The molecule has 0 amide bonds. The van der Waals surface area contributed by atoms with E-state index in [1.807, 2.05) is 0 Å². The minimum atomic E-state index is -0.928. The van der Waals surface area contributed by atoms with Crippen molar-refractivity contribution >= 4 is 11.8 Å². The minimum absolute atomic E-state index is 0.148. The number of anilines is 1. The SMILES string of the molecule is COCCN(CC(=O)O)c1ncnc(OC)c1C. The number of aliphatic carboxylic acids is 1. The van der Waals surface area contributed by atoms with Crippen LogP contribution in [0.5, 0.6) is 5.88 Å². The highest BCUT2D eigenvalue weighted by Gasteiger charge is 2.16. The smallest absolute Gasteiger partial charge is 0.323 e. The number of ether oxygens (including phenoxy) is 2. The van der Waals surface area contributed by atoms with E-state index in [4.69, 9.17) is 14.6 Å². The Morgan fingerprint density at radius 3 is 2.72 bits per heavy atom. The van der Waals surface area contributed by atoms with Crippen LogP contribution in [0, 0.1) is 6.92 Å². The molecule has 1 N–H and O–H groups in total. The van der Waals surface area contributed by atoms with Crippen molar-refractivity contribution in [1.29, 1.82) is 0 Å². The van der Waals surface area contributed by atoms with Gasteiger partial charge >= 0.3 is 5.97 Å². The van der Waals surface area contributed by atoms with Crippen LogP contribution in [0.25, 0.3) is 0 Å². The topological polar surface area (TPSA) is 84.8 Å². The van der Waals surface area contributed by atoms with Crippen molar-refractivity contribution < 1.29 is 19.4 Å². The molecular weight excluding hydrogens is 238 g/mol. The summed E-state index contributed by atoms with van der Waals surface area (Å²) in [6.07, 6.45) is 1.35. The van der Waals surface area contributed by atoms with Crippen molar-refractivity contribution in [3.63, 3.8) is 0 Å². The Morgan fingerprint density at radius 1 is 1.44 bits per heavy atom. The molecule has 100 valence electrons. The Balaban J connectivity index is 2.99. The van der Waals surface area contributed by atoms with E-state index in [1.54, 1.807) is 18.9 Å². The molecule has 1 aromatic heterocycles. The highest BCUT2D eigenvalue weighted by Crippen LogP contribution is 2.23. The van der Waals surface area contributed by atoms with Crippen LogP contribution in [0.2, 0.25) is 0 Å². The van der Waals surface area contributed by atoms with Gasteiger partial charge in [-0.2, -0.15) is 0 Å². The van der Waals surface area contributed by atoms with E-state index in [0.717, 1.165) is 0 Å². The summed E-state index contributed by atoms with van der Waals surface area (Å²) in [7, 11) is 3.07. The molecule has 0 aromatic carbocycles. The van der Waals surface area contributed by atoms with Gasteiger partial charge in [0.05, 0.1) is 19.3 Å². The fourth-order valence-electron chi connectivity index (χ4n) is 1.57. The number of carbonyl (C=O) groups is 1. The lowest BCUT2D eigenvalue weighted by molar-refractivity contribution is -0.135. The lowest BCUT2D eigenvalue weighted by atomic mass is 10.3. The van der Waals surface area contributed by atoms with Gasteiger partial charge in [0.25, 0.3) is 0 Å². The molecule has 7 heteroatoms. The maximum atomic E-state index is 10.9. The predicted molar refractivity (Wildman–Crippen MR) is 65.0 cm³/mol. The Morgan fingerprint density at radius 2 is 2.17 bits per heavy atom. The Hall–Kier alpha value is -1.89. The molecule has 7 nitrogen and oxygen atoms in total. The molecule has 0 radical (unpaired) electrons. The second-order valence-corrected chi connectivity index (χ2v) is 3.64. The summed E-state index contributed by atoms with van der Waals surface area (Å²) in [5.41, 5.74) is 0.706. The molecule has 0 bridgehead atoms. The van der Waals surface area contributed by atoms with Gasteiger partial charge in [0.2, 0.25) is 5.88 Å². The van der Waals surface area contributed by atoms with E-state index < -0.39 is 5.97 Å². The third kappa shape index (κ3) is 3.56. The predicted octanol–water partition coefficient (Wildman–Crippen LogP) is 0.331. The van der Waals surface area contributed by atoms with Gasteiger partial charge in [-0.3, -0.25) is 4.79 Å². The number of hydrogen-bond acceptors (Lipinski definition) is 6. The summed E-state index contributed by atoms with van der Waals surface area (Å²) >= 11 is 0. The first-order valence-electron chi connectivity index (χ1n) is 5.41. The largest absolute Gasteiger partial charge is 0.481 e. The molecule has 0 atom stereocenters. The number of nitrogens with zero attached hydrogens (tertiary/aromatic N) is 3. The molecule has 0 aliphatic heterocycles. The van der Waals surface area contributed by atoms with Gasteiger partial charge in [-0.05, 0) is 6.92 Å². The fraction of sp³-hybridized carbons (Fsp3) is 0.545. The van der Waals surface area contributed by atoms with Crippen LogP contribution in [0.1, 0.15) is 5.56 Å². The first-order valence-corrected chi connectivity index (χ1v) is 5.41. The second kappa shape index (κ2) is 6.75. The quantitative estimate of drug-likeness (QED) is 0.751. The molecule has 0 unspecified atom stereocenters. The molecule has 0 saturated carbocycles. The molecule has 1 heterocycles. The van der Waals surface area contributed by atoms with Gasteiger partial charge in [0.1, 0.15) is 18.7 Å². The van der Waals surface area contributed by atoms with E-state index in [2.05, 4.69) is 9.97 Å². The number of rotatable bonds is 7. The number of aromatic nitrogens is 2. The maximum Gasteiger partial charge on any atom is 0.323 e. The minimum Gasteiger partial charge on any atom is -0.481 e. The summed E-state index contributed by atoms with van der Waals surface area (Å²) in [4.78, 5) is 20.5. The molecule has 1 aromatic rings. The van der Waals surface area contributed by atoms with Crippen LogP contribution in [0.3, 0.4) is 0 Å². The zero-order valence-electron chi connectivity index (χ0n) is 10.7. The molecule has 1 rings (SSSR count). The molecule has 0 aliphatic carbocycles. The van der Waals surface area contributed by atoms with Crippen LogP contribution in [0.15, 0.2) is 6.33 Å². The summed E-state index contributed by atoms with van der Waals surface area (Å²) in [5, 5.41) is 8.90. The first kappa shape index (κ1) is 14.2. The van der Waals surface area contributed by atoms with E-state index >= 15 is 0 Å². The third-order valence-electron chi connectivity index (χ3n) is 2.40. The highest BCUT2D eigenvalue weighted by molar-refractivity contribution is 5.73. The van der Waals surface area contributed by atoms with Gasteiger partial charge in [-0.25, -0.2) is 9.97 Å². The van der Waals surface area contributed by atoms with Crippen molar-refractivity contribution in [2.75, 3.05) is 38.8 Å². The van der Waals surface area contributed by atoms with E-state index in [0.29, 0.717) is 30.4 Å². The Labute approximate surface area is 105 Å². The Kier molecular flexibility index (Phi) is 5.31. The molecule has 0 saturated heterocycles. The van der Waals surface area contributed by atoms with Gasteiger partial charge in [-0.1, -0.05) is 0 Å². The van der Waals surface area contributed by atoms with E-state index in [1.165, 1.54) is 13.4 Å². The molecule has 0 aliphatic rings. The number of carboxylic acid groups (broad SMARTS) is 1. The van der Waals surface area contributed by atoms with Gasteiger partial charge < -0.3 is 19.5 Å². The van der Waals surface area contributed by atoms with Crippen molar-refractivity contribution in [2.45, 2.75) is 6.92 Å². The first-order chi connectivity index (χ1) is 8.60. The van der Waals surface area contributed by atoms with Crippen molar-refractivity contribution in [3.05, 3.63) is 11.9 Å². The number of methoxy groups -OCH3 is 2. The van der Waals surface area contributed by atoms with Gasteiger partial charge in [-0.15, -0.1) is 0 Å². The molecular formula is C11H17N3O4. The molecule has 0 spiro atoms. The van der Waals surface area contributed by atoms with Crippen LogP contribution >= 0.6 is 0 Å². The van der Waals surface area contributed by atoms with Gasteiger partial charge in [0, 0.05) is 13.7 Å². The van der Waals surface area contributed by atoms with E-state index in [9.17, 15) is 4.79 Å². The number of hydrogen-bond donors (Lipinski definition) is 1. The number of carboxylic acids is 1. The monoisotopic (exact) mass is 255 g/mol. The normalized spacial score (nSPS) is 10.2. The molecule has 0 fully saturated rings. The lowest BCUT2D eigenvalue weighted by Gasteiger charge is -2.23. The van der Waals surface area contributed by atoms with Crippen LogP contribution in [0.4, 0.5) is 5.82 Å². The maximum absolute atomic E-state index is 10.9. The third-order valence-corrected chi connectivity index (χ3v) is 2.40. The average Bonchev–Trinajstić information content (AvgIpc) is 2.34. The van der Waals surface area contributed by atoms with E-state index in [-0.39, 0.29) is 6.54 Å². The Bertz CT molecular complexity index is 411. The lowest BCUT2D eigenvalue weighted by Crippen LogP contribution is -2.34.